The number of hydrogen-bond donors (Lipinski definition) is 1. The second-order valence-corrected chi connectivity index (χ2v) is 7.73. The summed E-state index contributed by atoms with van der Waals surface area (Å²) in [5.74, 6) is -0.239. The number of amides is 2. The van der Waals surface area contributed by atoms with Crippen molar-refractivity contribution in [2.24, 2.45) is 0 Å². The lowest BCUT2D eigenvalue weighted by Gasteiger charge is -2.35. The van der Waals surface area contributed by atoms with Gasteiger partial charge in [0.2, 0.25) is 0 Å². The van der Waals surface area contributed by atoms with Gasteiger partial charge in [0.1, 0.15) is 11.1 Å². The van der Waals surface area contributed by atoms with Crippen LogP contribution in [0.5, 0.6) is 0 Å². The van der Waals surface area contributed by atoms with Crippen molar-refractivity contribution in [3.8, 4) is 11.1 Å². The smallest absolute Gasteiger partial charge is 0.254 e. The molecule has 0 bridgehead atoms. The Bertz CT molecular complexity index is 1080. The van der Waals surface area contributed by atoms with E-state index in [1.54, 1.807) is 9.80 Å². The normalized spacial score (nSPS) is 18.1. The highest BCUT2D eigenvalue weighted by Crippen LogP contribution is 2.37. The molecular formula is C22H21N3O4. The number of aromatic nitrogens is 1. The van der Waals surface area contributed by atoms with E-state index in [0.29, 0.717) is 44.6 Å². The molecule has 1 aromatic heterocycles. The van der Waals surface area contributed by atoms with Gasteiger partial charge in [0.05, 0.1) is 0 Å². The van der Waals surface area contributed by atoms with Crippen molar-refractivity contribution in [3.05, 3.63) is 54.4 Å². The minimum absolute atomic E-state index is 0.0422. The number of oxazole rings is 1. The van der Waals surface area contributed by atoms with Gasteiger partial charge in [-0.15, -0.1) is 0 Å². The molecule has 0 radical (unpaired) electrons. The first kappa shape index (κ1) is 17.9. The number of hydrogen-bond acceptors (Lipinski definition) is 5. The number of nitrogens with zero attached hydrogens (tertiary/aromatic N) is 3. The number of benzene rings is 2. The van der Waals surface area contributed by atoms with Gasteiger partial charge in [-0.1, -0.05) is 18.2 Å². The molecule has 2 aromatic carbocycles. The standard InChI is InChI=1S/C22H21N3O4/c26-20(24-9-11-25(12-10-24)21(27)22(28)7-8-22)16-3-1-15(2-4-16)17-5-6-18-19(13-17)29-14-23-18/h1-6,13-14,28H,7-12H2. The Morgan fingerprint density at radius 1 is 0.931 bits per heavy atom. The lowest BCUT2D eigenvalue weighted by atomic mass is 10.0. The van der Waals surface area contributed by atoms with Crippen LogP contribution in [0.2, 0.25) is 0 Å². The Labute approximate surface area is 167 Å². The number of aliphatic hydroxyl groups is 1. The van der Waals surface area contributed by atoms with E-state index in [1.165, 1.54) is 6.39 Å². The van der Waals surface area contributed by atoms with E-state index < -0.39 is 5.60 Å². The number of rotatable bonds is 3. The zero-order valence-corrected chi connectivity index (χ0v) is 15.9. The Kier molecular flexibility index (Phi) is 4.13. The molecule has 2 fully saturated rings. The van der Waals surface area contributed by atoms with Crippen molar-refractivity contribution >= 4 is 22.9 Å². The molecule has 148 valence electrons. The number of fused-ring (bicyclic) bond motifs is 1. The maximum absolute atomic E-state index is 12.8. The average molecular weight is 391 g/mol. The molecule has 2 aliphatic rings. The van der Waals surface area contributed by atoms with Crippen LogP contribution < -0.4 is 0 Å². The van der Waals surface area contributed by atoms with E-state index in [2.05, 4.69) is 4.98 Å². The van der Waals surface area contributed by atoms with Crippen LogP contribution in [0.25, 0.3) is 22.2 Å². The zero-order chi connectivity index (χ0) is 20.0. The summed E-state index contributed by atoms with van der Waals surface area (Å²) in [6.45, 7) is 1.87. The zero-order valence-electron chi connectivity index (χ0n) is 15.9. The number of carbonyl (C=O) groups excluding carboxylic acids is 2. The van der Waals surface area contributed by atoms with Crippen LogP contribution in [0.3, 0.4) is 0 Å². The summed E-state index contributed by atoms with van der Waals surface area (Å²) in [6, 6.07) is 13.3. The van der Waals surface area contributed by atoms with Crippen molar-refractivity contribution in [1.82, 2.24) is 14.8 Å². The van der Waals surface area contributed by atoms with E-state index in [4.69, 9.17) is 4.42 Å². The summed E-state index contributed by atoms with van der Waals surface area (Å²) in [4.78, 5) is 32.6. The fourth-order valence-corrected chi connectivity index (χ4v) is 3.76. The SMILES string of the molecule is O=C(c1ccc(-c2ccc3ncoc3c2)cc1)N1CCN(C(=O)C2(O)CC2)CC1. The van der Waals surface area contributed by atoms with Gasteiger partial charge >= 0.3 is 0 Å². The van der Waals surface area contributed by atoms with Crippen molar-refractivity contribution in [3.63, 3.8) is 0 Å². The van der Waals surface area contributed by atoms with Crippen LogP contribution in [0.4, 0.5) is 0 Å². The van der Waals surface area contributed by atoms with Crippen LogP contribution in [-0.4, -0.2) is 63.5 Å². The van der Waals surface area contributed by atoms with Crippen LogP contribution in [0, 0.1) is 0 Å². The van der Waals surface area contributed by atoms with Crippen molar-refractivity contribution in [2.45, 2.75) is 18.4 Å². The largest absolute Gasteiger partial charge is 0.443 e. The average Bonchev–Trinajstić information content (AvgIpc) is 3.34. The maximum Gasteiger partial charge on any atom is 0.254 e. The summed E-state index contributed by atoms with van der Waals surface area (Å²) in [5.41, 5.74) is 3.01. The molecule has 29 heavy (non-hydrogen) atoms. The van der Waals surface area contributed by atoms with Crippen molar-refractivity contribution in [1.29, 1.82) is 0 Å². The van der Waals surface area contributed by atoms with Gasteiger partial charge in [0, 0.05) is 31.7 Å². The van der Waals surface area contributed by atoms with Crippen molar-refractivity contribution in [2.75, 3.05) is 26.2 Å². The Morgan fingerprint density at radius 3 is 2.28 bits per heavy atom. The van der Waals surface area contributed by atoms with Crippen LogP contribution >= 0.6 is 0 Å². The molecule has 1 aliphatic heterocycles. The van der Waals surface area contributed by atoms with E-state index in [-0.39, 0.29) is 11.8 Å². The van der Waals surface area contributed by atoms with Gasteiger partial charge in [0.25, 0.3) is 11.8 Å². The van der Waals surface area contributed by atoms with E-state index in [9.17, 15) is 14.7 Å². The highest BCUT2D eigenvalue weighted by Gasteiger charge is 2.50. The fraction of sp³-hybridized carbons (Fsp3) is 0.318. The van der Waals surface area contributed by atoms with Crippen LogP contribution in [-0.2, 0) is 4.79 Å². The minimum atomic E-state index is -1.14. The Morgan fingerprint density at radius 2 is 1.59 bits per heavy atom. The van der Waals surface area contributed by atoms with Crippen LogP contribution in [0.1, 0.15) is 23.2 Å². The lowest BCUT2D eigenvalue weighted by Crippen LogP contribution is -2.53. The third-order valence-corrected chi connectivity index (χ3v) is 5.77. The minimum Gasteiger partial charge on any atom is -0.443 e. The predicted octanol–water partition coefficient (Wildman–Crippen LogP) is 2.30. The van der Waals surface area contributed by atoms with Gasteiger partial charge in [-0.2, -0.15) is 0 Å². The molecule has 2 heterocycles. The molecular weight excluding hydrogens is 370 g/mol. The first-order valence-electron chi connectivity index (χ1n) is 9.78. The molecule has 3 aromatic rings. The molecule has 0 spiro atoms. The second kappa shape index (κ2) is 6.70. The molecule has 0 unspecified atom stereocenters. The first-order valence-corrected chi connectivity index (χ1v) is 9.78. The number of carbonyl (C=O) groups is 2. The molecule has 1 aliphatic carbocycles. The van der Waals surface area contributed by atoms with Gasteiger partial charge < -0.3 is 19.3 Å². The molecule has 1 saturated carbocycles. The lowest BCUT2D eigenvalue weighted by molar-refractivity contribution is -0.143. The van der Waals surface area contributed by atoms with Gasteiger partial charge in [-0.05, 0) is 48.2 Å². The molecule has 0 atom stereocenters. The van der Waals surface area contributed by atoms with Gasteiger partial charge in [-0.25, -0.2) is 4.98 Å². The van der Waals surface area contributed by atoms with Gasteiger partial charge in [0.15, 0.2) is 12.0 Å². The Balaban J connectivity index is 1.25. The topological polar surface area (TPSA) is 86.9 Å². The molecule has 1 saturated heterocycles. The first-order chi connectivity index (χ1) is 14.0. The van der Waals surface area contributed by atoms with Gasteiger partial charge in [-0.3, -0.25) is 9.59 Å². The fourth-order valence-electron chi connectivity index (χ4n) is 3.76. The molecule has 2 amide bonds. The quantitative estimate of drug-likeness (QED) is 0.740. The predicted molar refractivity (Wildman–Crippen MR) is 106 cm³/mol. The highest BCUT2D eigenvalue weighted by molar-refractivity contribution is 5.95. The molecule has 1 N–H and O–H groups in total. The maximum atomic E-state index is 12.8. The molecule has 7 nitrogen and oxygen atoms in total. The van der Waals surface area contributed by atoms with E-state index in [1.807, 2.05) is 42.5 Å². The monoisotopic (exact) mass is 391 g/mol. The van der Waals surface area contributed by atoms with E-state index >= 15 is 0 Å². The van der Waals surface area contributed by atoms with Crippen LogP contribution in [0.15, 0.2) is 53.3 Å². The second-order valence-electron chi connectivity index (χ2n) is 7.73. The third kappa shape index (κ3) is 3.27. The summed E-state index contributed by atoms with van der Waals surface area (Å²) in [7, 11) is 0. The van der Waals surface area contributed by atoms with E-state index in [0.717, 1.165) is 22.2 Å². The van der Waals surface area contributed by atoms with Crippen molar-refractivity contribution < 1.29 is 19.1 Å². The highest BCUT2D eigenvalue weighted by atomic mass is 16.3. The molecule has 5 rings (SSSR count). The third-order valence-electron chi connectivity index (χ3n) is 5.77. The summed E-state index contributed by atoms with van der Waals surface area (Å²) < 4.78 is 5.36. The molecule has 7 heteroatoms. The number of piperazine rings is 1. The summed E-state index contributed by atoms with van der Waals surface area (Å²) in [6.07, 6.45) is 2.51. The Hall–Kier alpha value is -3.19. The summed E-state index contributed by atoms with van der Waals surface area (Å²) in [5, 5.41) is 9.99. The summed E-state index contributed by atoms with van der Waals surface area (Å²) >= 11 is 0.